The van der Waals surface area contributed by atoms with Crippen LogP contribution in [0.15, 0.2) is 24.3 Å². The van der Waals surface area contributed by atoms with E-state index in [-0.39, 0.29) is 18.9 Å². The molecular weight excluding hydrogens is 314 g/mol. The second-order valence-electron chi connectivity index (χ2n) is 4.41. The van der Waals surface area contributed by atoms with Crippen LogP contribution in [0.2, 0.25) is 5.02 Å². The number of benzene rings is 1. The Kier molecular flexibility index (Phi) is 5.17. The third-order valence-electron chi connectivity index (χ3n) is 2.97. The van der Waals surface area contributed by atoms with Crippen molar-refractivity contribution in [1.82, 2.24) is 5.32 Å². The average molecular weight is 328 g/mol. The van der Waals surface area contributed by atoms with Gasteiger partial charge in [-0.3, -0.25) is 9.59 Å². The zero-order chi connectivity index (χ0) is 15.4. The lowest BCUT2D eigenvalue weighted by atomic mass is 10.2. The van der Waals surface area contributed by atoms with Crippen LogP contribution in [-0.4, -0.2) is 36.7 Å². The predicted molar refractivity (Wildman–Crippen MR) is 82.2 cm³/mol. The molecule has 1 heterocycles. The molecule has 1 unspecified atom stereocenters. The molecule has 0 aliphatic rings. The number of aliphatic carboxylic acids is 1. The maximum atomic E-state index is 12.2. The number of carbonyl (C=O) groups is 2. The van der Waals surface area contributed by atoms with Gasteiger partial charge in [0, 0.05) is 23.7 Å². The minimum absolute atomic E-state index is 0.117. The number of fused-ring (bicyclic) bond motifs is 1. The molecule has 112 valence electrons. The molecule has 1 amide bonds. The maximum Gasteiger partial charge on any atom is 0.306 e. The number of methoxy groups -OCH3 is 1. The highest BCUT2D eigenvalue weighted by molar-refractivity contribution is 7.21. The Labute approximate surface area is 130 Å². The first kappa shape index (κ1) is 15.8. The van der Waals surface area contributed by atoms with Gasteiger partial charge in [-0.2, -0.15) is 0 Å². The molecule has 0 saturated carbocycles. The fraction of sp³-hybridized carbons (Fsp3) is 0.286. The molecule has 0 aliphatic heterocycles. The molecule has 0 spiro atoms. The Morgan fingerprint density at radius 2 is 2.14 bits per heavy atom. The molecule has 2 N–H and O–H groups in total. The van der Waals surface area contributed by atoms with Crippen LogP contribution >= 0.6 is 22.9 Å². The van der Waals surface area contributed by atoms with E-state index in [4.69, 9.17) is 21.4 Å². The van der Waals surface area contributed by atoms with E-state index in [1.165, 1.54) is 18.4 Å². The van der Waals surface area contributed by atoms with Crippen LogP contribution in [0.25, 0.3) is 10.1 Å². The van der Waals surface area contributed by atoms with Crippen molar-refractivity contribution in [3.05, 3.63) is 34.2 Å². The van der Waals surface area contributed by atoms with Gasteiger partial charge < -0.3 is 15.2 Å². The van der Waals surface area contributed by atoms with Crippen molar-refractivity contribution in [1.29, 1.82) is 0 Å². The zero-order valence-electron chi connectivity index (χ0n) is 11.3. The number of thiophene rings is 1. The summed E-state index contributed by atoms with van der Waals surface area (Å²) in [6.07, 6.45) is -0.740. The lowest BCUT2D eigenvalue weighted by Gasteiger charge is -2.13. The molecule has 5 nitrogen and oxygen atoms in total. The van der Waals surface area contributed by atoms with E-state index >= 15 is 0 Å². The van der Waals surface area contributed by atoms with Gasteiger partial charge >= 0.3 is 5.97 Å². The van der Waals surface area contributed by atoms with Crippen molar-refractivity contribution in [2.75, 3.05) is 13.7 Å². The minimum Gasteiger partial charge on any atom is -0.481 e. The Hall–Kier alpha value is -1.63. The highest BCUT2D eigenvalue weighted by atomic mass is 35.5. The zero-order valence-corrected chi connectivity index (χ0v) is 12.8. The van der Waals surface area contributed by atoms with Crippen molar-refractivity contribution in [3.63, 3.8) is 0 Å². The Balaban J connectivity index is 2.08. The summed E-state index contributed by atoms with van der Waals surface area (Å²) in [5.74, 6) is -1.30. The van der Waals surface area contributed by atoms with Gasteiger partial charge in [0.2, 0.25) is 0 Å². The number of rotatable bonds is 6. The summed E-state index contributed by atoms with van der Waals surface area (Å²) in [5.41, 5.74) is 0. The van der Waals surface area contributed by atoms with E-state index in [0.29, 0.717) is 9.90 Å². The maximum absolute atomic E-state index is 12.2. The molecule has 0 radical (unpaired) electrons. The average Bonchev–Trinajstić information content (AvgIpc) is 2.80. The molecule has 0 saturated heterocycles. The van der Waals surface area contributed by atoms with Crippen LogP contribution in [0, 0.1) is 0 Å². The first-order valence-corrected chi connectivity index (χ1v) is 7.42. The second kappa shape index (κ2) is 6.89. The summed E-state index contributed by atoms with van der Waals surface area (Å²) in [6, 6.07) is 7.49. The molecule has 0 fully saturated rings. The highest BCUT2D eigenvalue weighted by Gasteiger charge is 2.19. The third kappa shape index (κ3) is 3.72. The lowest BCUT2D eigenvalue weighted by Crippen LogP contribution is -2.34. The van der Waals surface area contributed by atoms with Crippen molar-refractivity contribution in [2.24, 2.45) is 0 Å². The summed E-state index contributed by atoms with van der Waals surface area (Å²) in [6.45, 7) is 0.117. The van der Waals surface area contributed by atoms with Gasteiger partial charge in [-0.25, -0.2) is 0 Å². The van der Waals surface area contributed by atoms with Crippen molar-refractivity contribution < 1.29 is 19.4 Å². The molecule has 2 rings (SSSR count). The predicted octanol–water partition coefficient (Wildman–Crippen LogP) is 2.77. The molecule has 0 aliphatic carbocycles. The fourth-order valence-corrected chi connectivity index (χ4v) is 3.31. The van der Waals surface area contributed by atoms with Gasteiger partial charge in [0.1, 0.15) is 4.88 Å². The van der Waals surface area contributed by atoms with Crippen LogP contribution in [0.3, 0.4) is 0 Å². The Morgan fingerprint density at radius 1 is 1.43 bits per heavy atom. The van der Waals surface area contributed by atoms with E-state index in [9.17, 15) is 9.59 Å². The number of halogens is 1. The summed E-state index contributed by atoms with van der Waals surface area (Å²) in [4.78, 5) is 23.2. The van der Waals surface area contributed by atoms with Gasteiger partial charge in [0.25, 0.3) is 5.91 Å². The highest BCUT2D eigenvalue weighted by Crippen LogP contribution is 2.34. The quantitative estimate of drug-likeness (QED) is 0.855. The standard InChI is InChI=1S/C14H14ClNO4S/c1-20-8(6-11(17)18)7-16-14(19)13-12(15)9-4-2-3-5-10(9)21-13/h2-5,8H,6-7H2,1H3,(H,16,19)(H,17,18). The monoisotopic (exact) mass is 327 g/mol. The third-order valence-corrected chi connectivity index (χ3v) is 4.64. The normalized spacial score (nSPS) is 12.3. The second-order valence-corrected chi connectivity index (χ2v) is 5.84. The van der Waals surface area contributed by atoms with E-state index < -0.39 is 12.1 Å². The lowest BCUT2D eigenvalue weighted by molar-refractivity contribution is -0.139. The molecule has 1 aromatic heterocycles. The van der Waals surface area contributed by atoms with Gasteiger partial charge in [-0.1, -0.05) is 29.8 Å². The van der Waals surface area contributed by atoms with Crippen molar-refractivity contribution >= 4 is 44.9 Å². The number of amides is 1. The number of carboxylic acids is 1. The number of hydrogen-bond donors (Lipinski definition) is 2. The molecular formula is C14H14ClNO4S. The number of hydrogen-bond acceptors (Lipinski definition) is 4. The van der Waals surface area contributed by atoms with E-state index in [0.717, 1.165) is 10.1 Å². The van der Waals surface area contributed by atoms with E-state index in [1.807, 2.05) is 24.3 Å². The first-order chi connectivity index (χ1) is 10.0. The van der Waals surface area contributed by atoms with Gasteiger partial charge in [0.05, 0.1) is 17.5 Å². The Bertz CT molecular complexity index is 670. The molecule has 7 heteroatoms. The summed E-state index contributed by atoms with van der Waals surface area (Å²) in [5, 5.41) is 12.6. The molecule has 2 aromatic rings. The molecule has 0 bridgehead atoms. The summed E-state index contributed by atoms with van der Waals surface area (Å²) < 4.78 is 5.94. The van der Waals surface area contributed by atoms with Gasteiger partial charge in [0.15, 0.2) is 0 Å². The van der Waals surface area contributed by atoms with Crippen LogP contribution in [0.5, 0.6) is 0 Å². The fourth-order valence-electron chi connectivity index (χ4n) is 1.88. The number of carboxylic acid groups (broad SMARTS) is 1. The topological polar surface area (TPSA) is 75.6 Å². The number of nitrogens with one attached hydrogen (secondary N) is 1. The summed E-state index contributed by atoms with van der Waals surface area (Å²) >= 11 is 7.51. The molecule has 21 heavy (non-hydrogen) atoms. The van der Waals surface area contributed by atoms with Crippen LogP contribution in [-0.2, 0) is 9.53 Å². The van der Waals surface area contributed by atoms with Crippen molar-refractivity contribution in [2.45, 2.75) is 12.5 Å². The summed E-state index contributed by atoms with van der Waals surface area (Å²) in [7, 11) is 1.41. The largest absolute Gasteiger partial charge is 0.481 e. The van der Waals surface area contributed by atoms with E-state index in [2.05, 4.69) is 5.32 Å². The number of ether oxygens (including phenoxy) is 1. The van der Waals surface area contributed by atoms with E-state index in [1.54, 1.807) is 0 Å². The molecule has 1 aromatic carbocycles. The SMILES string of the molecule is COC(CNC(=O)c1sc2ccccc2c1Cl)CC(=O)O. The Morgan fingerprint density at radius 3 is 2.76 bits per heavy atom. The first-order valence-electron chi connectivity index (χ1n) is 6.22. The van der Waals surface area contributed by atoms with Gasteiger partial charge in [-0.15, -0.1) is 11.3 Å². The molecule has 1 atom stereocenters. The smallest absolute Gasteiger partial charge is 0.306 e. The van der Waals surface area contributed by atoms with Gasteiger partial charge in [-0.05, 0) is 6.07 Å². The van der Waals surface area contributed by atoms with Crippen LogP contribution in [0.1, 0.15) is 16.1 Å². The minimum atomic E-state index is -0.976. The van der Waals surface area contributed by atoms with Crippen molar-refractivity contribution in [3.8, 4) is 0 Å². The van der Waals surface area contributed by atoms with Crippen LogP contribution < -0.4 is 5.32 Å². The number of carbonyl (C=O) groups excluding carboxylic acids is 1. The van der Waals surface area contributed by atoms with Crippen LogP contribution in [0.4, 0.5) is 0 Å².